The molecule has 4 aromatic rings. The zero-order valence-electron chi connectivity index (χ0n) is 21.9. The minimum atomic E-state index is -0.590. The van der Waals surface area contributed by atoms with Crippen molar-refractivity contribution in [1.29, 1.82) is 5.26 Å². The predicted molar refractivity (Wildman–Crippen MR) is 158 cm³/mol. The average Bonchev–Trinajstić information content (AvgIpc) is 2.99. The third-order valence-corrected chi connectivity index (χ3v) is 6.39. The highest BCUT2D eigenvalue weighted by atomic mass is 79.9. The van der Waals surface area contributed by atoms with Gasteiger partial charge in [-0.25, -0.2) is 0 Å². The maximum absolute atomic E-state index is 12.9. The molecular weight excluding hydrogens is 590 g/mol. The van der Waals surface area contributed by atoms with Gasteiger partial charge in [0.15, 0.2) is 0 Å². The molecule has 1 amide bonds. The van der Waals surface area contributed by atoms with E-state index >= 15 is 0 Å². The minimum absolute atomic E-state index is 0.0219. The van der Waals surface area contributed by atoms with Crippen molar-refractivity contribution in [2.45, 2.75) is 13.2 Å². The fourth-order valence-corrected chi connectivity index (χ4v) is 3.91. The van der Waals surface area contributed by atoms with E-state index in [0.29, 0.717) is 40.7 Å². The van der Waals surface area contributed by atoms with Crippen LogP contribution in [0.4, 0.5) is 11.4 Å². The Labute approximate surface area is 244 Å². The first-order valence-electron chi connectivity index (χ1n) is 12.3. The van der Waals surface area contributed by atoms with Crippen LogP contribution >= 0.6 is 15.9 Å². The van der Waals surface area contributed by atoms with Gasteiger partial charge < -0.3 is 19.5 Å². The summed E-state index contributed by atoms with van der Waals surface area (Å²) in [7, 11) is 1.51. The first-order valence-corrected chi connectivity index (χ1v) is 13.1. The van der Waals surface area contributed by atoms with Gasteiger partial charge in [-0.2, -0.15) is 5.26 Å². The summed E-state index contributed by atoms with van der Waals surface area (Å²) in [5.74, 6) is 0.935. The second-order valence-electron chi connectivity index (χ2n) is 8.68. The topological polar surface area (TPSA) is 124 Å². The Bertz CT molecular complexity index is 1600. The van der Waals surface area contributed by atoms with Crippen molar-refractivity contribution in [2.24, 2.45) is 0 Å². The number of nitro groups is 1. The third kappa shape index (κ3) is 8.17. The van der Waals surface area contributed by atoms with Gasteiger partial charge in [0.1, 0.15) is 42.1 Å². The Morgan fingerprint density at radius 2 is 1.54 bits per heavy atom. The van der Waals surface area contributed by atoms with Gasteiger partial charge in [0, 0.05) is 33.9 Å². The summed E-state index contributed by atoms with van der Waals surface area (Å²) in [5.41, 5.74) is 2.55. The number of halogens is 1. The van der Waals surface area contributed by atoms with E-state index < -0.39 is 10.8 Å². The van der Waals surface area contributed by atoms with Crippen molar-refractivity contribution < 1.29 is 23.9 Å². The number of amides is 1. The molecule has 10 heteroatoms. The zero-order valence-corrected chi connectivity index (χ0v) is 23.5. The molecule has 0 aliphatic carbocycles. The van der Waals surface area contributed by atoms with Gasteiger partial charge in [0.25, 0.3) is 11.6 Å². The van der Waals surface area contributed by atoms with E-state index in [1.807, 2.05) is 30.3 Å². The first-order chi connectivity index (χ1) is 19.8. The Kier molecular flexibility index (Phi) is 9.70. The molecule has 0 atom stereocenters. The van der Waals surface area contributed by atoms with Crippen LogP contribution < -0.4 is 19.5 Å². The van der Waals surface area contributed by atoms with Crippen LogP contribution in [0.3, 0.4) is 0 Å². The van der Waals surface area contributed by atoms with Crippen LogP contribution in [0.25, 0.3) is 6.08 Å². The number of hydrogen-bond acceptors (Lipinski definition) is 7. The number of benzene rings is 4. The van der Waals surface area contributed by atoms with Crippen molar-refractivity contribution in [3.63, 3.8) is 0 Å². The van der Waals surface area contributed by atoms with E-state index in [1.165, 1.54) is 25.3 Å². The van der Waals surface area contributed by atoms with E-state index in [-0.39, 0.29) is 17.9 Å². The number of nitrogens with one attached hydrogen (secondary N) is 1. The first kappa shape index (κ1) is 28.9. The van der Waals surface area contributed by atoms with E-state index in [0.717, 1.165) is 10.0 Å². The van der Waals surface area contributed by atoms with Crippen LogP contribution in [-0.2, 0) is 18.0 Å². The molecule has 0 unspecified atom stereocenters. The van der Waals surface area contributed by atoms with Crippen LogP contribution in [0.15, 0.2) is 101 Å². The second kappa shape index (κ2) is 13.8. The monoisotopic (exact) mass is 613 g/mol. The van der Waals surface area contributed by atoms with Crippen molar-refractivity contribution in [2.75, 3.05) is 12.4 Å². The number of nitriles is 1. The standard InChI is InChI=1S/C31H24BrN3O6/c1-39-29-13-6-23(30(17-29)41-20-22-4-11-27(12-5-22)35(37)38)16-24(18-33)31(36)34-26-9-14-28(15-10-26)40-19-21-2-7-25(32)8-3-21/h2-17H,19-20H2,1H3,(H,34,36)/b24-16+. The van der Waals surface area contributed by atoms with E-state index in [2.05, 4.69) is 21.2 Å². The van der Waals surface area contributed by atoms with Crippen LogP contribution in [0.1, 0.15) is 16.7 Å². The van der Waals surface area contributed by atoms with Gasteiger partial charge >= 0.3 is 0 Å². The lowest BCUT2D eigenvalue weighted by molar-refractivity contribution is -0.384. The lowest BCUT2D eigenvalue weighted by atomic mass is 10.1. The second-order valence-corrected chi connectivity index (χ2v) is 9.60. The molecule has 0 fully saturated rings. The predicted octanol–water partition coefficient (Wildman–Crippen LogP) is 7.07. The lowest BCUT2D eigenvalue weighted by Gasteiger charge is -2.12. The van der Waals surface area contributed by atoms with Gasteiger partial charge in [-0.05, 0) is 77.9 Å². The van der Waals surface area contributed by atoms with Gasteiger partial charge in [-0.1, -0.05) is 28.1 Å². The fourth-order valence-electron chi connectivity index (χ4n) is 3.65. The van der Waals surface area contributed by atoms with E-state index in [9.17, 15) is 20.2 Å². The molecule has 0 radical (unpaired) electrons. The molecule has 1 N–H and O–H groups in total. The third-order valence-electron chi connectivity index (χ3n) is 5.86. The highest BCUT2D eigenvalue weighted by Gasteiger charge is 2.13. The Morgan fingerprint density at radius 1 is 0.927 bits per heavy atom. The summed E-state index contributed by atoms with van der Waals surface area (Å²) in [6.07, 6.45) is 1.43. The Balaban J connectivity index is 1.43. The quantitative estimate of drug-likeness (QED) is 0.0830. The highest BCUT2D eigenvalue weighted by Crippen LogP contribution is 2.28. The number of rotatable bonds is 11. The van der Waals surface area contributed by atoms with Gasteiger partial charge in [-0.3, -0.25) is 14.9 Å². The van der Waals surface area contributed by atoms with Gasteiger partial charge in [0.05, 0.1) is 12.0 Å². The molecule has 0 aromatic heterocycles. The lowest BCUT2D eigenvalue weighted by Crippen LogP contribution is -2.13. The molecule has 0 heterocycles. The number of nitrogens with zero attached hydrogens (tertiary/aromatic N) is 2. The van der Waals surface area contributed by atoms with Crippen LogP contribution in [0, 0.1) is 21.4 Å². The molecule has 0 bridgehead atoms. The molecule has 0 aliphatic rings. The van der Waals surface area contributed by atoms with Crippen molar-refractivity contribution in [3.8, 4) is 23.3 Å². The van der Waals surface area contributed by atoms with Crippen LogP contribution in [0.2, 0.25) is 0 Å². The summed E-state index contributed by atoms with van der Waals surface area (Å²) >= 11 is 3.41. The number of non-ortho nitro benzene ring substituents is 1. The van der Waals surface area contributed by atoms with Crippen molar-refractivity contribution in [1.82, 2.24) is 0 Å². The molecule has 0 saturated carbocycles. The maximum Gasteiger partial charge on any atom is 0.269 e. The molecule has 206 valence electrons. The minimum Gasteiger partial charge on any atom is -0.497 e. The van der Waals surface area contributed by atoms with Crippen LogP contribution in [0.5, 0.6) is 17.2 Å². The maximum atomic E-state index is 12.9. The number of nitro benzene ring substituents is 1. The molecule has 0 spiro atoms. The molecule has 9 nitrogen and oxygen atoms in total. The largest absolute Gasteiger partial charge is 0.497 e. The summed E-state index contributed by atoms with van der Waals surface area (Å²) in [5, 5.41) is 23.3. The summed E-state index contributed by atoms with van der Waals surface area (Å²) < 4.78 is 18.0. The normalized spacial score (nSPS) is 10.8. The van der Waals surface area contributed by atoms with Crippen molar-refractivity contribution in [3.05, 3.63) is 128 Å². The molecule has 41 heavy (non-hydrogen) atoms. The summed E-state index contributed by atoms with van der Waals surface area (Å²) in [6, 6.07) is 27.6. The number of hydrogen-bond donors (Lipinski definition) is 1. The molecule has 0 aliphatic heterocycles. The summed E-state index contributed by atoms with van der Waals surface area (Å²) in [6.45, 7) is 0.507. The van der Waals surface area contributed by atoms with E-state index in [4.69, 9.17) is 14.2 Å². The van der Waals surface area contributed by atoms with E-state index in [1.54, 1.807) is 54.6 Å². The van der Waals surface area contributed by atoms with Crippen LogP contribution in [-0.4, -0.2) is 17.9 Å². The smallest absolute Gasteiger partial charge is 0.269 e. The van der Waals surface area contributed by atoms with Crippen molar-refractivity contribution >= 4 is 39.3 Å². The van der Waals surface area contributed by atoms with Gasteiger partial charge in [-0.15, -0.1) is 0 Å². The average molecular weight is 614 g/mol. The molecule has 4 aromatic carbocycles. The number of carbonyl (C=O) groups excluding carboxylic acids is 1. The molecule has 0 saturated heterocycles. The number of carbonyl (C=O) groups is 1. The number of anilines is 1. The van der Waals surface area contributed by atoms with Gasteiger partial charge in [0.2, 0.25) is 0 Å². The molecule has 4 rings (SSSR count). The fraction of sp³-hybridized carbons (Fsp3) is 0.0968. The molecular formula is C31H24BrN3O6. The summed E-state index contributed by atoms with van der Waals surface area (Å²) in [4.78, 5) is 23.3. The SMILES string of the molecule is COc1ccc(/C=C(\C#N)C(=O)Nc2ccc(OCc3ccc(Br)cc3)cc2)c(OCc2ccc([N+](=O)[O-])cc2)c1. The Morgan fingerprint density at radius 3 is 2.15 bits per heavy atom. The number of ether oxygens (including phenoxy) is 3. The highest BCUT2D eigenvalue weighted by molar-refractivity contribution is 9.10. The Hall–Kier alpha value is -5.14. The number of methoxy groups -OCH3 is 1. The zero-order chi connectivity index (χ0) is 29.2.